The molecule has 1 aromatic carbocycles. The number of rotatable bonds is 6. The zero-order chi connectivity index (χ0) is 17.8. The zero-order valence-electron chi connectivity index (χ0n) is 15.2. The highest BCUT2D eigenvalue weighted by atomic mass is 16.2. The van der Waals surface area contributed by atoms with Crippen molar-refractivity contribution in [3.8, 4) is 0 Å². The van der Waals surface area contributed by atoms with Gasteiger partial charge in [0, 0.05) is 25.6 Å². The first kappa shape index (κ1) is 17.7. The predicted molar refractivity (Wildman–Crippen MR) is 99.8 cm³/mol. The maximum absolute atomic E-state index is 12.7. The number of likely N-dealkylation sites (tertiary alicyclic amines) is 1. The average molecular weight is 344 g/mol. The van der Waals surface area contributed by atoms with E-state index in [9.17, 15) is 9.59 Å². The van der Waals surface area contributed by atoms with E-state index in [1.165, 1.54) is 0 Å². The lowest BCUT2D eigenvalue weighted by atomic mass is 10.1. The lowest BCUT2D eigenvalue weighted by molar-refractivity contribution is -0.122. The number of carbonyl (C=O) groups excluding carboxylic acids is 1. The molecule has 0 atom stereocenters. The highest BCUT2D eigenvalue weighted by molar-refractivity contribution is 5.78. The number of carbonyl (C=O) groups is 1. The Bertz CT molecular complexity index is 784. The van der Waals surface area contributed by atoms with E-state index >= 15 is 0 Å². The van der Waals surface area contributed by atoms with Crippen molar-refractivity contribution in [2.24, 2.45) is 0 Å². The van der Waals surface area contributed by atoms with Gasteiger partial charge < -0.3 is 10.2 Å². The van der Waals surface area contributed by atoms with Gasteiger partial charge in [0.2, 0.25) is 5.91 Å². The number of piperidine rings is 1. The van der Waals surface area contributed by atoms with Gasteiger partial charge in [-0.1, -0.05) is 19.1 Å². The van der Waals surface area contributed by atoms with Crippen molar-refractivity contribution >= 4 is 16.9 Å². The molecule has 1 amide bonds. The minimum Gasteiger partial charge on any atom is -0.353 e. The third-order valence-electron chi connectivity index (χ3n) is 5.02. The minimum atomic E-state index is -0.0184. The van der Waals surface area contributed by atoms with Crippen molar-refractivity contribution in [1.82, 2.24) is 19.4 Å². The minimum absolute atomic E-state index is 0.0184. The lowest BCUT2D eigenvalue weighted by Gasteiger charge is -2.29. The third-order valence-corrected chi connectivity index (χ3v) is 5.02. The van der Waals surface area contributed by atoms with Crippen LogP contribution < -0.4 is 11.0 Å². The molecule has 1 aliphatic rings. The van der Waals surface area contributed by atoms with Crippen molar-refractivity contribution in [2.45, 2.75) is 51.7 Å². The summed E-state index contributed by atoms with van der Waals surface area (Å²) in [6.45, 7) is 5.24. The molecule has 1 aliphatic heterocycles. The van der Waals surface area contributed by atoms with Crippen LogP contribution in [0.2, 0.25) is 0 Å². The fourth-order valence-electron chi connectivity index (χ4n) is 3.59. The second-order valence-corrected chi connectivity index (χ2v) is 6.97. The number of fused-ring (bicyclic) bond motifs is 1. The van der Waals surface area contributed by atoms with Gasteiger partial charge in [0.1, 0.15) is 0 Å². The van der Waals surface area contributed by atoms with Gasteiger partial charge >= 0.3 is 5.69 Å². The van der Waals surface area contributed by atoms with Gasteiger partial charge in [-0.25, -0.2) is 4.79 Å². The van der Waals surface area contributed by atoms with E-state index in [4.69, 9.17) is 0 Å². The summed E-state index contributed by atoms with van der Waals surface area (Å²) in [7, 11) is 2.11. The van der Waals surface area contributed by atoms with Crippen molar-refractivity contribution in [3.63, 3.8) is 0 Å². The number of aryl methyl sites for hydroxylation is 2. The van der Waals surface area contributed by atoms with E-state index in [1.807, 2.05) is 28.8 Å². The monoisotopic (exact) mass is 344 g/mol. The first-order valence-electron chi connectivity index (χ1n) is 9.26. The molecule has 6 nitrogen and oxygen atoms in total. The van der Waals surface area contributed by atoms with Gasteiger partial charge in [0.25, 0.3) is 0 Å². The average Bonchev–Trinajstić information content (AvgIpc) is 2.88. The highest BCUT2D eigenvalue weighted by Crippen LogP contribution is 2.14. The Kier molecular flexibility index (Phi) is 5.58. The number of para-hydroxylation sites is 2. The first-order valence-corrected chi connectivity index (χ1v) is 9.26. The van der Waals surface area contributed by atoms with Crippen LogP contribution in [0.3, 0.4) is 0 Å². The number of nitrogens with zero attached hydrogens (tertiary/aromatic N) is 3. The molecule has 1 N–H and O–H groups in total. The van der Waals surface area contributed by atoms with Crippen LogP contribution in [0.5, 0.6) is 0 Å². The van der Waals surface area contributed by atoms with Crippen LogP contribution in [0, 0.1) is 0 Å². The summed E-state index contributed by atoms with van der Waals surface area (Å²) in [6, 6.07) is 8.08. The van der Waals surface area contributed by atoms with Crippen LogP contribution in [0.4, 0.5) is 0 Å². The molecule has 0 unspecified atom stereocenters. The zero-order valence-corrected chi connectivity index (χ0v) is 15.2. The summed E-state index contributed by atoms with van der Waals surface area (Å²) in [5, 5.41) is 3.12. The summed E-state index contributed by atoms with van der Waals surface area (Å²) in [4.78, 5) is 27.3. The van der Waals surface area contributed by atoms with Crippen LogP contribution in [0.15, 0.2) is 29.1 Å². The quantitative estimate of drug-likeness (QED) is 0.869. The lowest BCUT2D eigenvalue weighted by Crippen LogP contribution is -2.43. The molecular formula is C19H28N4O2. The molecule has 0 saturated carbocycles. The molecular weight excluding hydrogens is 316 g/mol. The molecule has 25 heavy (non-hydrogen) atoms. The van der Waals surface area contributed by atoms with Crippen LogP contribution in [0.1, 0.15) is 32.6 Å². The Labute approximate surface area is 148 Å². The smallest absolute Gasteiger partial charge is 0.329 e. The molecule has 0 spiro atoms. The Hall–Kier alpha value is -2.08. The van der Waals surface area contributed by atoms with Gasteiger partial charge in [-0.3, -0.25) is 13.9 Å². The summed E-state index contributed by atoms with van der Waals surface area (Å²) in [5.74, 6) is 0.0359. The Morgan fingerprint density at radius 1 is 1.12 bits per heavy atom. The number of amides is 1. The van der Waals surface area contributed by atoms with E-state index in [-0.39, 0.29) is 17.6 Å². The highest BCUT2D eigenvalue weighted by Gasteiger charge is 2.19. The van der Waals surface area contributed by atoms with Crippen molar-refractivity contribution in [3.05, 3.63) is 34.7 Å². The second kappa shape index (κ2) is 7.87. The number of benzene rings is 1. The molecule has 1 fully saturated rings. The van der Waals surface area contributed by atoms with E-state index < -0.39 is 0 Å². The predicted octanol–water partition coefficient (Wildman–Crippen LogP) is 1.81. The molecule has 1 aromatic heterocycles. The maximum atomic E-state index is 12.7. The normalized spacial score (nSPS) is 16.4. The molecule has 0 radical (unpaired) electrons. The fraction of sp³-hybridized carbons (Fsp3) is 0.579. The fourth-order valence-corrected chi connectivity index (χ4v) is 3.59. The molecule has 6 heteroatoms. The molecule has 2 aromatic rings. The van der Waals surface area contributed by atoms with Gasteiger partial charge in [-0.05, 0) is 51.5 Å². The number of hydrogen-bond acceptors (Lipinski definition) is 3. The Morgan fingerprint density at radius 2 is 1.72 bits per heavy atom. The van der Waals surface area contributed by atoms with Gasteiger partial charge in [0.05, 0.1) is 11.0 Å². The molecule has 2 heterocycles. The summed E-state index contributed by atoms with van der Waals surface area (Å²) >= 11 is 0. The van der Waals surface area contributed by atoms with Crippen LogP contribution >= 0.6 is 0 Å². The summed E-state index contributed by atoms with van der Waals surface area (Å²) < 4.78 is 3.55. The molecule has 136 valence electrons. The van der Waals surface area contributed by atoms with Crippen molar-refractivity contribution < 1.29 is 4.79 Å². The van der Waals surface area contributed by atoms with E-state index in [2.05, 4.69) is 24.2 Å². The molecule has 0 bridgehead atoms. The molecule has 0 aliphatic carbocycles. The van der Waals surface area contributed by atoms with E-state index in [0.29, 0.717) is 19.5 Å². The summed E-state index contributed by atoms with van der Waals surface area (Å²) in [5.41, 5.74) is 1.84. The largest absolute Gasteiger partial charge is 0.353 e. The summed E-state index contributed by atoms with van der Waals surface area (Å²) in [6.07, 6.45) is 3.24. The third kappa shape index (κ3) is 3.95. The van der Waals surface area contributed by atoms with Crippen LogP contribution in [-0.2, 0) is 17.9 Å². The van der Waals surface area contributed by atoms with E-state index in [1.54, 1.807) is 4.57 Å². The molecule has 3 rings (SSSR count). The first-order chi connectivity index (χ1) is 12.1. The SMILES string of the molecule is CCCn1c(=O)n(CCC(=O)NC2CCN(C)CC2)c2ccccc21. The van der Waals surface area contributed by atoms with E-state index in [0.717, 1.165) is 43.4 Å². The van der Waals surface area contributed by atoms with Gasteiger partial charge in [0.15, 0.2) is 0 Å². The van der Waals surface area contributed by atoms with Crippen LogP contribution in [-0.4, -0.2) is 46.1 Å². The number of aromatic nitrogens is 2. The second-order valence-electron chi connectivity index (χ2n) is 6.97. The molecule has 1 saturated heterocycles. The van der Waals surface area contributed by atoms with Gasteiger partial charge in [-0.15, -0.1) is 0 Å². The van der Waals surface area contributed by atoms with Gasteiger partial charge in [-0.2, -0.15) is 0 Å². The van der Waals surface area contributed by atoms with Crippen molar-refractivity contribution in [1.29, 1.82) is 0 Å². The van der Waals surface area contributed by atoms with Crippen LogP contribution in [0.25, 0.3) is 11.0 Å². The number of imidazole rings is 1. The Morgan fingerprint density at radius 3 is 2.32 bits per heavy atom. The van der Waals surface area contributed by atoms with Crippen molar-refractivity contribution in [2.75, 3.05) is 20.1 Å². The topological polar surface area (TPSA) is 59.3 Å². The maximum Gasteiger partial charge on any atom is 0.329 e. The number of hydrogen-bond donors (Lipinski definition) is 1. The standard InChI is InChI=1S/C19H28N4O2/c1-3-11-22-16-6-4-5-7-17(16)23(19(22)25)14-10-18(24)20-15-8-12-21(2)13-9-15/h4-7,15H,3,8-14H2,1-2H3,(H,20,24). The number of nitrogens with one attached hydrogen (secondary N) is 1. The Balaban J connectivity index is 1.68.